The molecule has 1 rings (SSSR count). The number of nitrogens with zero attached hydrogens (tertiary/aromatic N) is 2. The lowest BCUT2D eigenvalue weighted by molar-refractivity contribution is -0.144. The van der Waals surface area contributed by atoms with Crippen LogP contribution < -0.4 is 5.73 Å². The standard InChI is InChI=1S/C11H20F3N3O/c1-16(7-4-11(12,13)14)10(18)8-17-5-2-9(15)3-6-17/h9H,2-8,15H2,1H3. The first-order valence-electron chi connectivity index (χ1n) is 6.06. The molecule has 1 amide bonds. The van der Waals surface area contributed by atoms with Crippen molar-refractivity contribution in [2.75, 3.05) is 33.2 Å². The molecule has 1 aliphatic rings. The SMILES string of the molecule is CN(CCC(F)(F)F)C(=O)CN1CCC(N)CC1. The maximum atomic E-state index is 12.0. The molecular weight excluding hydrogens is 247 g/mol. The number of amides is 1. The van der Waals surface area contributed by atoms with E-state index >= 15 is 0 Å². The molecule has 18 heavy (non-hydrogen) atoms. The van der Waals surface area contributed by atoms with Crippen molar-refractivity contribution in [2.24, 2.45) is 5.73 Å². The van der Waals surface area contributed by atoms with Gasteiger partial charge in [0.15, 0.2) is 0 Å². The molecule has 0 aromatic carbocycles. The molecule has 1 saturated heterocycles. The fourth-order valence-corrected chi connectivity index (χ4v) is 1.84. The second-order valence-corrected chi connectivity index (χ2v) is 4.79. The van der Waals surface area contributed by atoms with Crippen molar-refractivity contribution < 1.29 is 18.0 Å². The van der Waals surface area contributed by atoms with Crippen LogP contribution >= 0.6 is 0 Å². The number of rotatable bonds is 4. The molecular formula is C11H20F3N3O. The molecule has 1 heterocycles. The number of piperidine rings is 1. The van der Waals surface area contributed by atoms with Crippen LogP contribution in [0.3, 0.4) is 0 Å². The Bertz CT molecular complexity index is 275. The van der Waals surface area contributed by atoms with E-state index in [1.54, 1.807) is 0 Å². The van der Waals surface area contributed by atoms with Gasteiger partial charge in [0.2, 0.25) is 5.91 Å². The number of alkyl halides is 3. The number of likely N-dealkylation sites (N-methyl/N-ethyl adjacent to an activating group) is 1. The topological polar surface area (TPSA) is 49.6 Å². The molecule has 0 spiro atoms. The second-order valence-electron chi connectivity index (χ2n) is 4.79. The summed E-state index contributed by atoms with van der Waals surface area (Å²) in [4.78, 5) is 14.8. The summed E-state index contributed by atoms with van der Waals surface area (Å²) >= 11 is 0. The minimum absolute atomic E-state index is 0.180. The highest BCUT2D eigenvalue weighted by Crippen LogP contribution is 2.19. The molecule has 0 unspecified atom stereocenters. The molecule has 2 N–H and O–H groups in total. The lowest BCUT2D eigenvalue weighted by atomic mass is 10.1. The van der Waals surface area contributed by atoms with E-state index in [4.69, 9.17) is 5.73 Å². The van der Waals surface area contributed by atoms with E-state index in [1.807, 2.05) is 4.90 Å². The van der Waals surface area contributed by atoms with Crippen molar-refractivity contribution in [3.05, 3.63) is 0 Å². The Morgan fingerprint density at radius 1 is 1.39 bits per heavy atom. The predicted octanol–water partition coefficient (Wildman–Crippen LogP) is 0.820. The number of carbonyl (C=O) groups excluding carboxylic acids is 1. The van der Waals surface area contributed by atoms with Gasteiger partial charge in [0.25, 0.3) is 0 Å². The van der Waals surface area contributed by atoms with Gasteiger partial charge in [0, 0.05) is 32.7 Å². The molecule has 1 fully saturated rings. The number of carbonyl (C=O) groups is 1. The van der Waals surface area contributed by atoms with Gasteiger partial charge in [-0.1, -0.05) is 0 Å². The molecule has 0 aromatic heterocycles. The van der Waals surface area contributed by atoms with E-state index in [1.165, 1.54) is 7.05 Å². The van der Waals surface area contributed by atoms with Gasteiger partial charge in [0.1, 0.15) is 0 Å². The van der Waals surface area contributed by atoms with Crippen molar-refractivity contribution in [3.8, 4) is 0 Å². The lowest BCUT2D eigenvalue weighted by Crippen LogP contribution is -2.45. The molecule has 4 nitrogen and oxygen atoms in total. The van der Waals surface area contributed by atoms with Gasteiger partial charge in [0.05, 0.1) is 13.0 Å². The van der Waals surface area contributed by atoms with E-state index in [2.05, 4.69) is 0 Å². The average Bonchev–Trinajstić information content (AvgIpc) is 2.28. The Hall–Kier alpha value is -0.820. The van der Waals surface area contributed by atoms with Crippen LogP contribution in [0.2, 0.25) is 0 Å². The van der Waals surface area contributed by atoms with Gasteiger partial charge in [-0.05, 0) is 12.8 Å². The monoisotopic (exact) mass is 267 g/mol. The normalized spacial score (nSPS) is 18.9. The largest absolute Gasteiger partial charge is 0.390 e. The summed E-state index contributed by atoms with van der Waals surface area (Å²) in [7, 11) is 1.41. The molecule has 0 bridgehead atoms. The minimum Gasteiger partial charge on any atom is -0.344 e. The first kappa shape index (κ1) is 15.2. The third-order valence-corrected chi connectivity index (χ3v) is 3.15. The predicted molar refractivity (Wildman–Crippen MR) is 62.0 cm³/mol. The van der Waals surface area contributed by atoms with Gasteiger partial charge in [-0.25, -0.2) is 0 Å². The van der Waals surface area contributed by atoms with Crippen molar-refractivity contribution in [1.29, 1.82) is 0 Å². The van der Waals surface area contributed by atoms with Crippen molar-refractivity contribution >= 4 is 5.91 Å². The molecule has 106 valence electrons. The van der Waals surface area contributed by atoms with Crippen molar-refractivity contribution in [3.63, 3.8) is 0 Å². The summed E-state index contributed by atoms with van der Waals surface area (Å²) < 4.78 is 36.1. The van der Waals surface area contributed by atoms with Crippen LogP contribution in [0.1, 0.15) is 19.3 Å². The highest BCUT2D eigenvalue weighted by molar-refractivity contribution is 5.77. The summed E-state index contributed by atoms with van der Waals surface area (Å²) in [5, 5.41) is 0. The summed E-state index contributed by atoms with van der Waals surface area (Å²) in [6, 6.07) is 0.180. The van der Waals surface area contributed by atoms with Crippen LogP contribution in [-0.4, -0.2) is 61.2 Å². The molecule has 0 saturated carbocycles. The zero-order valence-corrected chi connectivity index (χ0v) is 10.5. The van der Waals surface area contributed by atoms with Crippen LogP contribution in [-0.2, 0) is 4.79 Å². The smallest absolute Gasteiger partial charge is 0.344 e. The highest BCUT2D eigenvalue weighted by Gasteiger charge is 2.28. The highest BCUT2D eigenvalue weighted by atomic mass is 19.4. The average molecular weight is 267 g/mol. The molecule has 0 aliphatic carbocycles. The molecule has 7 heteroatoms. The molecule has 0 radical (unpaired) electrons. The zero-order chi connectivity index (χ0) is 13.8. The van der Waals surface area contributed by atoms with E-state index in [0.717, 1.165) is 30.8 Å². The van der Waals surface area contributed by atoms with Gasteiger partial charge in [-0.2, -0.15) is 13.2 Å². The van der Waals surface area contributed by atoms with Crippen molar-refractivity contribution in [2.45, 2.75) is 31.5 Å². The Morgan fingerprint density at radius 3 is 2.44 bits per heavy atom. The van der Waals surface area contributed by atoms with Gasteiger partial charge in [-0.15, -0.1) is 0 Å². The Morgan fingerprint density at radius 2 is 1.94 bits per heavy atom. The quantitative estimate of drug-likeness (QED) is 0.820. The zero-order valence-electron chi connectivity index (χ0n) is 10.5. The van der Waals surface area contributed by atoms with Gasteiger partial charge < -0.3 is 10.6 Å². The fraction of sp³-hybridized carbons (Fsp3) is 0.909. The molecule has 0 aromatic rings. The number of halogens is 3. The summed E-state index contributed by atoms with van der Waals surface area (Å²) in [6.07, 6.45) is -3.51. The van der Waals surface area contributed by atoms with Gasteiger partial charge >= 0.3 is 6.18 Å². The van der Waals surface area contributed by atoms with Crippen molar-refractivity contribution in [1.82, 2.24) is 9.80 Å². The van der Waals surface area contributed by atoms with Gasteiger partial charge in [-0.3, -0.25) is 9.69 Å². The third-order valence-electron chi connectivity index (χ3n) is 3.15. The fourth-order valence-electron chi connectivity index (χ4n) is 1.84. The molecule has 0 atom stereocenters. The van der Waals surface area contributed by atoms with E-state index in [0.29, 0.717) is 0 Å². The number of likely N-dealkylation sites (tertiary alicyclic amines) is 1. The Kier molecular flexibility index (Phi) is 5.40. The van der Waals surface area contributed by atoms with Crippen LogP contribution in [0.15, 0.2) is 0 Å². The minimum atomic E-state index is -4.22. The van der Waals surface area contributed by atoms with E-state index < -0.39 is 12.6 Å². The first-order valence-corrected chi connectivity index (χ1v) is 6.06. The first-order chi connectivity index (χ1) is 8.28. The second kappa shape index (κ2) is 6.38. The number of nitrogens with two attached hydrogens (primary N) is 1. The Balaban J connectivity index is 2.27. The lowest BCUT2D eigenvalue weighted by Gasteiger charge is -2.30. The Labute approximate surface area is 105 Å². The summed E-state index contributed by atoms with van der Waals surface area (Å²) in [6.45, 7) is 1.37. The van der Waals surface area contributed by atoms with Crippen LogP contribution in [0.5, 0.6) is 0 Å². The van der Waals surface area contributed by atoms with E-state index in [-0.39, 0.29) is 25.0 Å². The number of hydrogen-bond donors (Lipinski definition) is 1. The maximum absolute atomic E-state index is 12.0. The maximum Gasteiger partial charge on any atom is 0.390 e. The number of hydrogen-bond acceptors (Lipinski definition) is 3. The van der Waals surface area contributed by atoms with Crippen LogP contribution in [0.4, 0.5) is 13.2 Å². The van der Waals surface area contributed by atoms with E-state index in [9.17, 15) is 18.0 Å². The third kappa shape index (κ3) is 5.68. The molecule has 1 aliphatic heterocycles. The van der Waals surface area contributed by atoms with Crippen LogP contribution in [0.25, 0.3) is 0 Å². The summed E-state index contributed by atoms with van der Waals surface area (Å²) in [5.74, 6) is -0.269. The summed E-state index contributed by atoms with van der Waals surface area (Å²) in [5.41, 5.74) is 5.74. The van der Waals surface area contributed by atoms with Crippen LogP contribution in [0, 0.1) is 0 Å².